The van der Waals surface area contributed by atoms with Crippen LogP contribution in [0.2, 0.25) is 0 Å². The van der Waals surface area contributed by atoms with Crippen LogP contribution in [0.4, 0.5) is 0 Å². The number of aryl methyl sites for hydroxylation is 1. The van der Waals surface area contributed by atoms with Gasteiger partial charge in [-0.15, -0.1) is 0 Å². The molecule has 9 nitrogen and oxygen atoms in total. The van der Waals surface area contributed by atoms with E-state index < -0.39 is 15.8 Å². The van der Waals surface area contributed by atoms with Crippen LogP contribution in [-0.4, -0.2) is 40.5 Å². The van der Waals surface area contributed by atoms with Crippen molar-refractivity contribution in [1.82, 2.24) is 19.0 Å². The third-order valence-electron chi connectivity index (χ3n) is 5.71. The van der Waals surface area contributed by atoms with E-state index in [4.69, 9.17) is 8.94 Å². The van der Waals surface area contributed by atoms with Crippen molar-refractivity contribution in [3.05, 3.63) is 82.4 Å². The van der Waals surface area contributed by atoms with Gasteiger partial charge < -0.3 is 8.94 Å². The van der Waals surface area contributed by atoms with Crippen LogP contribution in [0.15, 0.2) is 73.2 Å². The summed E-state index contributed by atoms with van der Waals surface area (Å²) in [7, 11) is -3.74. The Morgan fingerprint density at radius 1 is 1.12 bits per heavy atom. The van der Waals surface area contributed by atoms with Gasteiger partial charge in [0.2, 0.25) is 15.9 Å². The summed E-state index contributed by atoms with van der Waals surface area (Å²) in [6, 6.07) is 14.4. The summed E-state index contributed by atoms with van der Waals surface area (Å²) in [4.78, 5) is 16.7. The lowest BCUT2D eigenvalue weighted by Crippen LogP contribution is -2.34. The summed E-state index contributed by atoms with van der Waals surface area (Å²) in [6.07, 6.45) is 3.16. The number of hydrogen-bond donors (Lipinski definition) is 0. The van der Waals surface area contributed by atoms with Gasteiger partial charge in [0, 0.05) is 25.6 Å². The monoisotopic (exact) mass is 466 g/mol. The minimum absolute atomic E-state index is 0.0701. The van der Waals surface area contributed by atoms with Crippen molar-refractivity contribution in [1.29, 1.82) is 0 Å². The molecule has 0 atom stereocenters. The second kappa shape index (κ2) is 8.45. The maximum Gasteiger partial charge on any atom is 0.420 e. The summed E-state index contributed by atoms with van der Waals surface area (Å²) >= 11 is 0. The molecule has 4 aromatic rings. The van der Waals surface area contributed by atoms with E-state index in [2.05, 4.69) is 10.1 Å². The van der Waals surface area contributed by atoms with Crippen LogP contribution in [0.5, 0.6) is 0 Å². The van der Waals surface area contributed by atoms with Crippen molar-refractivity contribution in [2.75, 3.05) is 13.1 Å². The normalized spacial score (nSPS) is 15.1. The van der Waals surface area contributed by atoms with Crippen LogP contribution < -0.4 is 5.76 Å². The van der Waals surface area contributed by atoms with Crippen LogP contribution in [0, 0.1) is 0 Å². The number of nitrogens with zero attached hydrogens (tertiary/aromatic N) is 4. The van der Waals surface area contributed by atoms with Crippen LogP contribution in [0.3, 0.4) is 0 Å². The molecule has 0 fully saturated rings. The van der Waals surface area contributed by atoms with E-state index >= 15 is 0 Å². The van der Waals surface area contributed by atoms with E-state index in [0.29, 0.717) is 36.6 Å². The van der Waals surface area contributed by atoms with Gasteiger partial charge in [-0.1, -0.05) is 48.5 Å². The van der Waals surface area contributed by atoms with Gasteiger partial charge in [-0.3, -0.25) is 4.57 Å². The fourth-order valence-electron chi connectivity index (χ4n) is 3.93. The summed E-state index contributed by atoms with van der Waals surface area (Å²) in [6.45, 7) is 2.62. The van der Waals surface area contributed by atoms with E-state index in [9.17, 15) is 13.2 Å². The summed E-state index contributed by atoms with van der Waals surface area (Å²) in [5.41, 5.74) is 2.89. The summed E-state index contributed by atoms with van der Waals surface area (Å²) < 4.78 is 39.7. The summed E-state index contributed by atoms with van der Waals surface area (Å²) in [5.74, 6) is 0.212. The Balaban J connectivity index is 1.40. The Morgan fingerprint density at radius 2 is 1.94 bits per heavy atom. The highest BCUT2D eigenvalue weighted by Crippen LogP contribution is 2.27. The molecule has 33 heavy (non-hydrogen) atoms. The molecule has 0 aliphatic carbocycles. The number of rotatable bonds is 6. The van der Waals surface area contributed by atoms with Crippen molar-refractivity contribution < 1.29 is 17.4 Å². The van der Waals surface area contributed by atoms with Gasteiger partial charge in [0.05, 0.1) is 17.0 Å². The SMILES string of the molecule is CCc1nc(Cn2c(=O)oc3cc(S(=O)(=O)N4CC=C(c5ccccc5)CC4)ccc32)no1. The van der Waals surface area contributed by atoms with Gasteiger partial charge in [-0.05, 0) is 29.7 Å². The van der Waals surface area contributed by atoms with E-state index in [0.717, 1.165) is 11.1 Å². The molecular formula is C23H22N4O5S. The molecule has 0 bridgehead atoms. The average molecular weight is 467 g/mol. The Kier molecular flexibility index (Phi) is 5.47. The number of aromatic nitrogens is 3. The van der Waals surface area contributed by atoms with E-state index in [-0.39, 0.29) is 23.6 Å². The third kappa shape index (κ3) is 4.03. The van der Waals surface area contributed by atoms with E-state index in [1.54, 1.807) is 6.07 Å². The number of sulfonamides is 1. The summed E-state index contributed by atoms with van der Waals surface area (Å²) in [5, 5.41) is 3.86. The van der Waals surface area contributed by atoms with Gasteiger partial charge in [-0.2, -0.15) is 9.29 Å². The zero-order chi connectivity index (χ0) is 23.0. The fraction of sp³-hybridized carbons (Fsp3) is 0.261. The van der Waals surface area contributed by atoms with Crippen molar-refractivity contribution in [3.63, 3.8) is 0 Å². The predicted molar refractivity (Wildman–Crippen MR) is 121 cm³/mol. The highest BCUT2D eigenvalue weighted by Gasteiger charge is 2.27. The number of hydrogen-bond acceptors (Lipinski definition) is 7. The maximum atomic E-state index is 13.2. The van der Waals surface area contributed by atoms with Crippen molar-refractivity contribution in [2.45, 2.75) is 31.2 Å². The molecule has 2 aromatic carbocycles. The van der Waals surface area contributed by atoms with Gasteiger partial charge in [-0.25, -0.2) is 13.2 Å². The molecule has 3 heterocycles. The van der Waals surface area contributed by atoms with Crippen molar-refractivity contribution in [2.24, 2.45) is 0 Å². The zero-order valence-corrected chi connectivity index (χ0v) is 18.8. The lowest BCUT2D eigenvalue weighted by Gasteiger charge is -2.26. The Bertz CT molecular complexity index is 1500. The predicted octanol–water partition coefficient (Wildman–Crippen LogP) is 3.07. The van der Waals surface area contributed by atoms with E-state index in [1.165, 1.54) is 21.0 Å². The molecule has 170 valence electrons. The molecular weight excluding hydrogens is 444 g/mol. The first-order valence-electron chi connectivity index (χ1n) is 10.6. The van der Waals surface area contributed by atoms with Gasteiger partial charge in [0.25, 0.3) is 0 Å². The minimum Gasteiger partial charge on any atom is -0.408 e. The molecule has 1 aliphatic heterocycles. The lowest BCUT2D eigenvalue weighted by molar-refractivity contribution is 0.375. The van der Waals surface area contributed by atoms with Gasteiger partial charge in [0.1, 0.15) is 0 Å². The Morgan fingerprint density at radius 3 is 2.64 bits per heavy atom. The standard InChI is InChI=1S/C23H22N4O5S/c1-2-22-24-21(25-32-22)15-27-19-9-8-18(14-20(19)31-23(27)28)33(29,30)26-12-10-17(11-13-26)16-6-4-3-5-7-16/h3-10,14H,2,11-13,15H2,1H3. The molecule has 0 unspecified atom stereocenters. The molecule has 0 amide bonds. The van der Waals surface area contributed by atoms with Crippen LogP contribution in [0.1, 0.15) is 30.6 Å². The second-order valence-electron chi connectivity index (χ2n) is 7.75. The smallest absolute Gasteiger partial charge is 0.408 e. The molecule has 0 saturated heterocycles. The van der Waals surface area contributed by atoms with Crippen LogP contribution >= 0.6 is 0 Å². The maximum absolute atomic E-state index is 13.2. The highest BCUT2D eigenvalue weighted by atomic mass is 32.2. The molecule has 2 aromatic heterocycles. The van der Waals surface area contributed by atoms with Crippen molar-refractivity contribution >= 4 is 26.7 Å². The first-order chi connectivity index (χ1) is 16.0. The number of benzene rings is 2. The molecule has 5 rings (SSSR count). The van der Waals surface area contributed by atoms with Crippen LogP contribution in [0.25, 0.3) is 16.7 Å². The first kappa shape index (κ1) is 21.4. The van der Waals surface area contributed by atoms with Crippen molar-refractivity contribution in [3.8, 4) is 0 Å². The number of oxazole rings is 1. The molecule has 0 N–H and O–H groups in total. The molecule has 0 radical (unpaired) electrons. The van der Waals surface area contributed by atoms with Gasteiger partial charge >= 0.3 is 5.76 Å². The Labute approximate surface area is 190 Å². The quantitative estimate of drug-likeness (QED) is 0.429. The molecule has 0 saturated carbocycles. The van der Waals surface area contributed by atoms with E-state index in [1.807, 2.05) is 43.3 Å². The second-order valence-corrected chi connectivity index (χ2v) is 9.69. The zero-order valence-electron chi connectivity index (χ0n) is 18.0. The van der Waals surface area contributed by atoms with Crippen LogP contribution in [-0.2, 0) is 23.0 Å². The molecule has 0 spiro atoms. The average Bonchev–Trinajstić information content (AvgIpc) is 3.43. The lowest BCUT2D eigenvalue weighted by atomic mass is 10.0. The topological polar surface area (TPSA) is 111 Å². The first-order valence-corrected chi connectivity index (χ1v) is 12.1. The highest BCUT2D eigenvalue weighted by molar-refractivity contribution is 7.89. The Hall–Kier alpha value is -3.50. The largest absolute Gasteiger partial charge is 0.420 e. The molecule has 1 aliphatic rings. The van der Waals surface area contributed by atoms with Gasteiger partial charge in [0.15, 0.2) is 11.4 Å². The number of fused-ring (bicyclic) bond motifs is 1. The third-order valence-corrected chi connectivity index (χ3v) is 7.57. The minimum atomic E-state index is -3.74. The molecule has 10 heteroatoms. The fourth-order valence-corrected chi connectivity index (χ4v) is 5.33.